The number of hydrogen-bond acceptors (Lipinski definition) is 3. The molecular formula is C17H20N2O2. The van der Waals surface area contributed by atoms with E-state index in [1.54, 1.807) is 0 Å². The van der Waals surface area contributed by atoms with E-state index in [2.05, 4.69) is 27.8 Å². The lowest BCUT2D eigenvalue weighted by molar-refractivity contribution is -0.127. The molecule has 0 saturated carbocycles. The van der Waals surface area contributed by atoms with Gasteiger partial charge in [0.2, 0.25) is 0 Å². The van der Waals surface area contributed by atoms with Gasteiger partial charge in [0.25, 0.3) is 0 Å². The second-order valence-corrected chi connectivity index (χ2v) is 6.37. The molecule has 0 spiro atoms. The smallest absolute Gasteiger partial charge is 0.173 e. The molecule has 1 aromatic heterocycles. The molecule has 0 radical (unpaired) electrons. The van der Waals surface area contributed by atoms with Crippen LogP contribution in [0.15, 0.2) is 29.6 Å². The van der Waals surface area contributed by atoms with Crippen LogP contribution in [0, 0.1) is 5.92 Å². The summed E-state index contributed by atoms with van der Waals surface area (Å²) in [6.07, 6.45) is 5.45. The first-order valence-corrected chi connectivity index (χ1v) is 7.90. The quantitative estimate of drug-likeness (QED) is 0.687. The fourth-order valence-electron chi connectivity index (χ4n) is 4.20. The largest absolute Gasteiger partial charge is 0.365 e. The second kappa shape index (κ2) is 4.58. The molecule has 1 aromatic rings. The first kappa shape index (κ1) is 12.9. The minimum absolute atomic E-state index is 0.0607. The highest BCUT2D eigenvalue weighted by molar-refractivity contribution is 6.22. The monoisotopic (exact) mass is 284 g/mol. The minimum atomic E-state index is -0.141. The summed E-state index contributed by atoms with van der Waals surface area (Å²) < 4.78 is 2.27. The van der Waals surface area contributed by atoms with Crippen molar-refractivity contribution in [1.82, 2.24) is 9.47 Å². The first-order valence-electron chi connectivity index (χ1n) is 7.90. The SMILES string of the molecule is CC1C(=O)C2=C(CCCC2=O)N2CCCn3cccc3C12. The number of carbonyl (C=O) groups is 2. The van der Waals surface area contributed by atoms with Crippen LogP contribution in [0.2, 0.25) is 0 Å². The highest BCUT2D eigenvalue weighted by atomic mass is 16.2. The summed E-state index contributed by atoms with van der Waals surface area (Å²) in [5.41, 5.74) is 2.76. The molecule has 0 fully saturated rings. The van der Waals surface area contributed by atoms with Crippen molar-refractivity contribution in [3.8, 4) is 0 Å². The number of aromatic nitrogens is 1. The molecule has 0 aromatic carbocycles. The maximum absolute atomic E-state index is 12.8. The third-order valence-corrected chi connectivity index (χ3v) is 5.17. The van der Waals surface area contributed by atoms with Gasteiger partial charge in [-0.1, -0.05) is 6.92 Å². The average molecular weight is 284 g/mol. The number of nitrogens with zero attached hydrogens (tertiary/aromatic N) is 2. The van der Waals surface area contributed by atoms with Gasteiger partial charge < -0.3 is 9.47 Å². The molecule has 21 heavy (non-hydrogen) atoms. The Morgan fingerprint density at radius 1 is 1.14 bits per heavy atom. The van der Waals surface area contributed by atoms with E-state index in [9.17, 15) is 9.59 Å². The van der Waals surface area contributed by atoms with Crippen molar-refractivity contribution in [2.45, 2.75) is 45.2 Å². The van der Waals surface area contributed by atoms with Crippen LogP contribution in [-0.2, 0) is 16.1 Å². The average Bonchev–Trinajstić information content (AvgIpc) is 2.85. The normalized spacial score (nSPS) is 28.9. The summed E-state index contributed by atoms with van der Waals surface area (Å²) in [7, 11) is 0. The van der Waals surface area contributed by atoms with Crippen LogP contribution in [0.4, 0.5) is 0 Å². The Bertz CT molecular complexity index is 656. The molecule has 4 rings (SSSR count). The molecule has 2 aliphatic heterocycles. The van der Waals surface area contributed by atoms with Crippen LogP contribution in [0.5, 0.6) is 0 Å². The number of Topliss-reactive ketones (excluding diaryl/α,β-unsaturated/α-hetero) is 2. The zero-order valence-electron chi connectivity index (χ0n) is 12.3. The summed E-state index contributed by atoms with van der Waals surface area (Å²) in [5, 5.41) is 0. The molecule has 0 saturated heterocycles. The third-order valence-electron chi connectivity index (χ3n) is 5.17. The van der Waals surface area contributed by atoms with Crippen LogP contribution in [-0.4, -0.2) is 27.6 Å². The lowest BCUT2D eigenvalue weighted by Crippen LogP contribution is -2.44. The van der Waals surface area contributed by atoms with Crippen molar-refractivity contribution < 1.29 is 9.59 Å². The Kier molecular flexibility index (Phi) is 2.81. The van der Waals surface area contributed by atoms with Crippen molar-refractivity contribution in [2.24, 2.45) is 5.92 Å². The summed E-state index contributed by atoms with van der Waals surface area (Å²) in [6, 6.07) is 4.29. The number of allylic oxidation sites excluding steroid dienone is 2. The van der Waals surface area contributed by atoms with Crippen molar-refractivity contribution in [3.05, 3.63) is 35.3 Å². The Balaban J connectivity index is 1.89. The van der Waals surface area contributed by atoms with Gasteiger partial charge in [-0.2, -0.15) is 0 Å². The first-order chi connectivity index (χ1) is 10.2. The van der Waals surface area contributed by atoms with E-state index in [1.807, 2.05) is 6.92 Å². The number of rotatable bonds is 0. The molecule has 3 aliphatic rings. The molecule has 2 atom stereocenters. The number of fused-ring (bicyclic) bond motifs is 4. The molecule has 2 unspecified atom stereocenters. The zero-order chi connectivity index (χ0) is 14.6. The second-order valence-electron chi connectivity index (χ2n) is 6.37. The zero-order valence-corrected chi connectivity index (χ0v) is 12.3. The Morgan fingerprint density at radius 3 is 2.86 bits per heavy atom. The Labute approximate surface area is 124 Å². The minimum Gasteiger partial charge on any atom is -0.365 e. The van der Waals surface area contributed by atoms with Gasteiger partial charge in [0.05, 0.1) is 11.6 Å². The van der Waals surface area contributed by atoms with Gasteiger partial charge in [0.1, 0.15) is 0 Å². The molecule has 0 amide bonds. The van der Waals surface area contributed by atoms with E-state index in [-0.39, 0.29) is 23.5 Å². The summed E-state index contributed by atoms with van der Waals surface area (Å²) in [6.45, 7) is 3.91. The third kappa shape index (κ3) is 1.74. The highest BCUT2D eigenvalue weighted by Crippen LogP contribution is 2.44. The maximum atomic E-state index is 12.8. The fourth-order valence-corrected chi connectivity index (χ4v) is 4.20. The predicted molar refractivity (Wildman–Crippen MR) is 78.6 cm³/mol. The van der Waals surface area contributed by atoms with Gasteiger partial charge in [-0.05, 0) is 31.4 Å². The van der Waals surface area contributed by atoms with E-state index in [4.69, 9.17) is 0 Å². The molecule has 110 valence electrons. The van der Waals surface area contributed by atoms with Gasteiger partial charge >= 0.3 is 0 Å². The highest BCUT2D eigenvalue weighted by Gasteiger charge is 2.44. The molecule has 1 aliphatic carbocycles. The van der Waals surface area contributed by atoms with Gasteiger partial charge in [-0.25, -0.2) is 0 Å². The van der Waals surface area contributed by atoms with Crippen LogP contribution in [0.25, 0.3) is 0 Å². The molecule has 0 N–H and O–H groups in total. The lowest BCUT2D eigenvalue weighted by atomic mass is 9.78. The molecule has 3 heterocycles. The number of carbonyl (C=O) groups excluding carboxylic acids is 2. The fraction of sp³-hybridized carbons (Fsp3) is 0.529. The van der Waals surface area contributed by atoms with Crippen LogP contribution < -0.4 is 0 Å². The molecular weight excluding hydrogens is 264 g/mol. The topological polar surface area (TPSA) is 42.3 Å². The number of aryl methyl sites for hydroxylation is 1. The standard InChI is InChI=1S/C17H20N2O2/c1-11-16-13-6-3-8-18(13)9-4-10-19(16)12-5-2-7-14(20)15(12)17(11)21/h3,6,8,11,16H,2,4-5,7,9-10H2,1H3. The Morgan fingerprint density at radius 2 is 2.00 bits per heavy atom. The summed E-state index contributed by atoms with van der Waals surface area (Å²) in [5.74, 6) is -0.0191. The Hall–Kier alpha value is -1.84. The molecule has 4 heteroatoms. The van der Waals surface area contributed by atoms with Crippen LogP contribution in [0.1, 0.15) is 44.3 Å². The van der Waals surface area contributed by atoms with E-state index >= 15 is 0 Å². The molecule has 0 bridgehead atoms. The van der Waals surface area contributed by atoms with Crippen molar-refractivity contribution in [2.75, 3.05) is 6.54 Å². The summed E-state index contributed by atoms with van der Waals surface area (Å²) in [4.78, 5) is 27.3. The van der Waals surface area contributed by atoms with Gasteiger partial charge in [-0.3, -0.25) is 9.59 Å². The van der Waals surface area contributed by atoms with E-state index in [0.29, 0.717) is 12.0 Å². The van der Waals surface area contributed by atoms with Gasteiger partial charge in [0.15, 0.2) is 11.6 Å². The maximum Gasteiger partial charge on any atom is 0.173 e. The van der Waals surface area contributed by atoms with E-state index < -0.39 is 0 Å². The molecule has 4 nitrogen and oxygen atoms in total. The summed E-state index contributed by atoms with van der Waals surface area (Å²) >= 11 is 0. The van der Waals surface area contributed by atoms with Crippen molar-refractivity contribution in [1.29, 1.82) is 0 Å². The van der Waals surface area contributed by atoms with Crippen LogP contribution >= 0.6 is 0 Å². The van der Waals surface area contributed by atoms with Crippen LogP contribution in [0.3, 0.4) is 0 Å². The predicted octanol–water partition coefficient (Wildman–Crippen LogP) is 2.46. The van der Waals surface area contributed by atoms with E-state index in [1.165, 1.54) is 5.69 Å². The number of hydrogen-bond donors (Lipinski definition) is 0. The van der Waals surface area contributed by atoms with Crippen molar-refractivity contribution >= 4 is 11.6 Å². The van der Waals surface area contributed by atoms with Crippen molar-refractivity contribution in [3.63, 3.8) is 0 Å². The van der Waals surface area contributed by atoms with Gasteiger partial charge in [0, 0.05) is 43.0 Å². The van der Waals surface area contributed by atoms with Gasteiger partial charge in [-0.15, -0.1) is 0 Å². The van der Waals surface area contributed by atoms with E-state index in [0.717, 1.165) is 38.0 Å². The number of ketones is 2. The lowest BCUT2D eigenvalue weighted by Gasteiger charge is -2.43.